The SMILES string of the molecule is CCC(C(=O)N1CCCCCC1C)C(N)=S. The van der Waals surface area contributed by atoms with Gasteiger partial charge in [0.15, 0.2) is 0 Å². The Labute approximate surface area is 103 Å². The van der Waals surface area contributed by atoms with Gasteiger partial charge < -0.3 is 10.6 Å². The molecule has 0 saturated carbocycles. The predicted molar refractivity (Wildman–Crippen MR) is 70.2 cm³/mol. The Kier molecular flexibility index (Phi) is 5.19. The Bertz CT molecular complexity index is 268. The normalized spacial score (nSPS) is 23.6. The van der Waals surface area contributed by atoms with Crippen molar-refractivity contribution in [1.29, 1.82) is 0 Å². The highest BCUT2D eigenvalue weighted by molar-refractivity contribution is 7.80. The van der Waals surface area contributed by atoms with Gasteiger partial charge in [0.1, 0.15) is 0 Å². The number of carbonyl (C=O) groups excluding carboxylic acids is 1. The minimum Gasteiger partial charge on any atom is -0.393 e. The molecule has 1 aliphatic heterocycles. The minimum absolute atomic E-state index is 0.129. The molecule has 0 spiro atoms. The van der Waals surface area contributed by atoms with Crippen LogP contribution in [-0.2, 0) is 4.79 Å². The fourth-order valence-electron chi connectivity index (χ4n) is 2.30. The first-order chi connectivity index (χ1) is 7.57. The molecule has 1 heterocycles. The summed E-state index contributed by atoms with van der Waals surface area (Å²) < 4.78 is 0. The first kappa shape index (κ1) is 13.4. The number of rotatable bonds is 3. The lowest BCUT2D eigenvalue weighted by Crippen LogP contribution is -2.45. The summed E-state index contributed by atoms with van der Waals surface area (Å²) in [5.74, 6) is -0.139. The van der Waals surface area contributed by atoms with Crippen molar-refractivity contribution in [2.45, 2.75) is 52.0 Å². The Hall–Kier alpha value is -0.640. The molecule has 0 aromatic carbocycles. The van der Waals surface area contributed by atoms with Crippen LogP contribution in [-0.4, -0.2) is 28.4 Å². The van der Waals surface area contributed by atoms with Crippen LogP contribution in [0.5, 0.6) is 0 Å². The average molecular weight is 242 g/mol. The van der Waals surface area contributed by atoms with Gasteiger partial charge >= 0.3 is 0 Å². The first-order valence-corrected chi connectivity index (χ1v) is 6.58. The molecule has 2 unspecified atom stereocenters. The fourth-order valence-corrected chi connectivity index (χ4v) is 2.57. The summed E-state index contributed by atoms with van der Waals surface area (Å²) in [6, 6.07) is 0.332. The molecule has 4 heteroatoms. The summed E-state index contributed by atoms with van der Waals surface area (Å²) in [6.07, 6.45) is 5.34. The monoisotopic (exact) mass is 242 g/mol. The molecule has 1 amide bonds. The summed E-state index contributed by atoms with van der Waals surface area (Å²) in [6.45, 7) is 4.94. The summed E-state index contributed by atoms with van der Waals surface area (Å²) in [5, 5.41) is 0. The van der Waals surface area contributed by atoms with E-state index in [0.29, 0.717) is 17.5 Å². The second-order valence-corrected chi connectivity index (χ2v) is 5.06. The third-order valence-electron chi connectivity index (χ3n) is 3.39. The summed E-state index contributed by atoms with van der Waals surface area (Å²) in [5.41, 5.74) is 5.62. The Morgan fingerprint density at radius 3 is 2.75 bits per heavy atom. The molecule has 1 rings (SSSR count). The van der Waals surface area contributed by atoms with Crippen LogP contribution in [0.1, 0.15) is 46.0 Å². The van der Waals surface area contributed by atoms with Crippen molar-refractivity contribution in [2.75, 3.05) is 6.54 Å². The molecule has 16 heavy (non-hydrogen) atoms. The Morgan fingerprint density at radius 1 is 1.50 bits per heavy atom. The molecule has 3 nitrogen and oxygen atoms in total. The molecule has 2 atom stereocenters. The largest absolute Gasteiger partial charge is 0.393 e. The van der Waals surface area contributed by atoms with Gasteiger partial charge in [-0.1, -0.05) is 32.0 Å². The maximum absolute atomic E-state index is 12.3. The molecular formula is C12H22N2OS. The number of amides is 1. The maximum atomic E-state index is 12.3. The van der Waals surface area contributed by atoms with Gasteiger partial charge in [-0.3, -0.25) is 4.79 Å². The van der Waals surface area contributed by atoms with E-state index in [1.54, 1.807) is 0 Å². The number of thiocarbonyl (C=S) groups is 1. The summed E-state index contributed by atoms with van der Waals surface area (Å²) in [7, 11) is 0. The minimum atomic E-state index is -0.268. The number of hydrogen-bond donors (Lipinski definition) is 1. The lowest BCUT2D eigenvalue weighted by atomic mass is 10.0. The standard InChI is InChI=1S/C12H22N2OS/c1-3-10(11(13)16)12(15)14-8-6-4-5-7-9(14)2/h9-10H,3-8H2,1-2H3,(H2,13,16). The van der Waals surface area contributed by atoms with E-state index >= 15 is 0 Å². The zero-order valence-electron chi connectivity index (χ0n) is 10.2. The first-order valence-electron chi connectivity index (χ1n) is 6.17. The van der Waals surface area contributed by atoms with E-state index in [-0.39, 0.29) is 11.8 Å². The van der Waals surface area contributed by atoms with E-state index in [0.717, 1.165) is 19.4 Å². The number of likely N-dealkylation sites (tertiary alicyclic amines) is 1. The Morgan fingerprint density at radius 2 is 2.19 bits per heavy atom. The molecule has 0 bridgehead atoms. The number of nitrogens with zero attached hydrogens (tertiary/aromatic N) is 1. The van der Waals surface area contributed by atoms with Crippen LogP contribution in [0.2, 0.25) is 0 Å². The summed E-state index contributed by atoms with van der Waals surface area (Å²) >= 11 is 4.96. The topological polar surface area (TPSA) is 46.3 Å². The quantitative estimate of drug-likeness (QED) is 0.771. The molecule has 0 aromatic heterocycles. The maximum Gasteiger partial charge on any atom is 0.232 e. The highest BCUT2D eigenvalue weighted by Crippen LogP contribution is 2.19. The van der Waals surface area contributed by atoms with Crippen molar-refractivity contribution in [2.24, 2.45) is 11.7 Å². The van der Waals surface area contributed by atoms with Gasteiger partial charge in [0.2, 0.25) is 5.91 Å². The lowest BCUT2D eigenvalue weighted by Gasteiger charge is -2.30. The molecule has 2 N–H and O–H groups in total. The zero-order valence-corrected chi connectivity index (χ0v) is 11.1. The van der Waals surface area contributed by atoms with Crippen molar-refractivity contribution in [3.05, 3.63) is 0 Å². The fraction of sp³-hybridized carbons (Fsp3) is 0.833. The van der Waals surface area contributed by atoms with Crippen LogP contribution in [0.15, 0.2) is 0 Å². The molecule has 1 aliphatic rings. The molecular weight excluding hydrogens is 220 g/mol. The van der Waals surface area contributed by atoms with Crippen LogP contribution >= 0.6 is 12.2 Å². The van der Waals surface area contributed by atoms with Crippen molar-refractivity contribution in [3.63, 3.8) is 0 Å². The second-order valence-electron chi connectivity index (χ2n) is 4.59. The van der Waals surface area contributed by atoms with Crippen molar-refractivity contribution in [1.82, 2.24) is 4.90 Å². The molecule has 0 aromatic rings. The highest BCUT2D eigenvalue weighted by atomic mass is 32.1. The van der Waals surface area contributed by atoms with E-state index in [2.05, 4.69) is 6.92 Å². The molecule has 0 aliphatic carbocycles. The van der Waals surface area contributed by atoms with Crippen molar-refractivity contribution < 1.29 is 4.79 Å². The van der Waals surface area contributed by atoms with Gasteiger partial charge in [-0.15, -0.1) is 0 Å². The van der Waals surface area contributed by atoms with Crippen LogP contribution < -0.4 is 5.73 Å². The third-order valence-corrected chi connectivity index (χ3v) is 3.67. The van der Waals surface area contributed by atoms with Crippen LogP contribution in [0, 0.1) is 5.92 Å². The highest BCUT2D eigenvalue weighted by Gasteiger charge is 2.28. The van der Waals surface area contributed by atoms with Crippen LogP contribution in [0.3, 0.4) is 0 Å². The van der Waals surface area contributed by atoms with E-state index in [1.165, 1.54) is 12.8 Å². The number of nitrogens with two attached hydrogens (primary N) is 1. The van der Waals surface area contributed by atoms with E-state index in [9.17, 15) is 4.79 Å². The average Bonchev–Trinajstić information content (AvgIpc) is 2.43. The summed E-state index contributed by atoms with van der Waals surface area (Å²) in [4.78, 5) is 14.6. The van der Waals surface area contributed by atoms with Crippen molar-refractivity contribution in [3.8, 4) is 0 Å². The van der Waals surface area contributed by atoms with E-state index < -0.39 is 0 Å². The lowest BCUT2D eigenvalue weighted by molar-refractivity contribution is -0.135. The zero-order chi connectivity index (χ0) is 12.1. The van der Waals surface area contributed by atoms with Gasteiger partial charge in [0.05, 0.1) is 10.9 Å². The predicted octanol–water partition coefficient (Wildman–Crippen LogP) is 2.09. The second kappa shape index (κ2) is 6.18. The molecule has 1 saturated heterocycles. The van der Waals surface area contributed by atoms with Crippen molar-refractivity contribution >= 4 is 23.1 Å². The third kappa shape index (κ3) is 3.17. The van der Waals surface area contributed by atoms with Crippen LogP contribution in [0.25, 0.3) is 0 Å². The van der Waals surface area contributed by atoms with Gasteiger partial charge in [0.25, 0.3) is 0 Å². The van der Waals surface area contributed by atoms with E-state index in [4.69, 9.17) is 18.0 Å². The molecule has 92 valence electrons. The van der Waals surface area contributed by atoms with Crippen LogP contribution in [0.4, 0.5) is 0 Å². The van der Waals surface area contributed by atoms with Gasteiger partial charge in [0, 0.05) is 12.6 Å². The smallest absolute Gasteiger partial charge is 0.232 e. The molecule has 1 fully saturated rings. The molecule has 0 radical (unpaired) electrons. The van der Waals surface area contributed by atoms with Gasteiger partial charge in [-0.05, 0) is 26.2 Å². The number of carbonyl (C=O) groups is 1. The van der Waals surface area contributed by atoms with Gasteiger partial charge in [-0.25, -0.2) is 0 Å². The Balaban J connectivity index is 2.72. The van der Waals surface area contributed by atoms with E-state index in [1.807, 2.05) is 11.8 Å². The number of hydrogen-bond acceptors (Lipinski definition) is 2. The van der Waals surface area contributed by atoms with Gasteiger partial charge in [-0.2, -0.15) is 0 Å².